The van der Waals surface area contributed by atoms with Crippen molar-refractivity contribution in [2.24, 2.45) is 0 Å². The molecule has 1 aliphatic rings. The number of aliphatic hydroxyl groups is 1. The molecule has 0 radical (unpaired) electrons. The van der Waals surface area contributed by atoms with Gasteiger partial charge < -0.3 is 10.0 Å². The third-order valence-corrected chi connectivity index (χ3v) is 3.98. The fourth-order valence-electron chi connectivity index (χ4n) is 2.54. The van der Waals surface area contributed by atoms with Gasteiger partial charge in [-0.05, 0) is 30.7 Å². The van der Waals surface area contributed by atoms with Crippen LogP contribution in [0.2, 0.25) is 0 Å². The van der Waals surface area contributed by atoms with E-state index in [0.29, 0.717) is 13.1 Å². The number of pyridine rings is 1. The lowest BCUT2D eigenvalue weighted by molar-refractivity contribution is -0.141. The molecule has 23 heavy (non-hydrogen) atoms. The Bertz CT molecular complexity index is 545. The van der Waals surface area contributed by atoms with Gasteiger partial charge in [0.1, 0.15) is 17.8 Å². The number of likely N-dealkylation sites (tertiary alicyclic amines) is 1. The second-order valence-corrected chi connectivity index (χ2v) is 5.95. The molecule has 0 bridgehead atoms. The Morgan fingerprint density at radius 2 is 2.00 bits per heavy atom. The lowest BCUT2D eigenvalue weighted by atomic mass is 10.0. The van der Waals surface area contributed by atoms with Crippen LogP contribution in [0.5, 0.6) is 0 Å². The smallest absolute Gasteiger partial charge is 0.386 e. The van der Waals surface area contributed by atoms with Crippen molar-refractivity contribution in [3.8, 4) is 0 Å². The van der Waals surface area contributed by atoms with Crippen molar-refractivity contribution >= 4 is 17.7 Å². The van der Waals surface area contributed by atoms with Crippen LogP contribution in [0.25, 0.3) is 0 Å². The third-order valence-electron chi connectivity index (χ3n) is 3.77. The van der Waals surface area contributed by atoms with Gasteiger partial charge in [0.15, 0.2) is 0 Å². The number of hydrogen-bond donors (Lipinski definition) is 1. The summed E-state index contributed by atoms with van der Waals surface area (Å²) < 4.78 is 38.6. The number of rotatable bonds is 4. The van der Waals surface area contributed by atoms with Gasteiger partial charge in [-0.25, -0.2) is 4.42 Å². The summed E-state index contributed by atoms with van der Waals surface area (Å²) in [4.78, 5) is 17.4. The van der Waals surface area contributed by atoms with Crippen molar-refractivity contribution in [3.05, 3.63) is 29.6 Å². The van der Waals surface area contributed by atoms with Crippen LogP contribution in [0, 0.1) is 0 Å². The van der Waals surface area contributed by atoms with E-state index in [1.54, 1.807) is 4.90 Å². The van der Waals surface area contributed by atoms with Gasteiger partial charge in [-0.3, -0.25) is 9.78 Å². The maximum Gasteiger partial charge on any atom is 0.433 e. The highest BCUT2D eigenvalue weighted by molar-refractivity contribution is 6.14. The van der Waals surface area contributed by atoms with E-state index in [-0.39, 0.29) is 11.5 Å². The second kappa shape index (κ2) is 7.02. The van der Waals surface area contributed by atoms with Crippen molar-refractivity contribution < 1.29 is 23.1 Å². The van der Waals surface area contributed by atoms with Crippen LogP contribution in [-0.2, 0) is 11.0 Å². The number of carbonyl (C=O) groups excluding carboxylic acids is 1. The summed E-state index contributed by atoms with van der Waals surface area (Å²) >= 11 is 5.89. The molecule has 2 rings (SSSR count). The Hall–Kier alpha value is -1.38. The monoisotopic (exact) mass is 351 g/mol. The van der Waals surface area contributed by atoms with Crippen LogP contribution in [0.1, 0.15) is 30.2 Å². The molecule has 1 aliphatic heterocycles. The molecule has 128 valence electrons. The van der Waals surface area contributed by atoms with E-state index in [1.807, 2.05) is 0 Å². The molecule has 1 amide bonds. The van der Waals surface area contributed by atoms with Gasteiger partial charge in [-0.1, -0.05) is 6.07 Å². The summed E-state index contributed by atoms with van der Waals surface area (Å²) in [5.41, 5.74) is -0.960. The van der Waals surface area contributed by atoms with Crippen LogP contribution in [0.3, 0.4) is 0 Å². The number of hydrogen-bond acceptors (Lipinski definition) is 4. The first-order valence-electron chi connectivity index (χ1n) is 7.10. The zero-order chi connectivity index (χ0) is 17.2. The molecule has 0 spiro atoms. The van der Waals surface area contributed by atoms with Crippen molar-refractivity contribution in [1.82, 2.24) is 14.3 Å². The maximum absolute atomic E-state index is 12.5. The average Bonchev–Trinajstić information content (AvgIpc) is 3.00. The normalized spacial score (nSPS) is 18.3. The van der Waals surface area contributed by atoms with Crippen molar-refractivity contribution in [3.63, 3.8) is 0 Å². The highest BCUT2D eigenvalue weighted by Gasteiger charge is 2.37. The van der Waals surface area contributed by atoms with Crippen LogP contribution in [0.15, 0.2) is 18.3 Å². The van der Waals surface area contributed by atoms with E-state index in [2.05, 4.69) is 4.98 Å². The number of aliphatic hydroxyl groups excluding tert-OH is 1. The summed E-state index contributed by atoms with van der Waals surface area (Å²) in [6.07, 6.45) is -3.26. The quantitative estimate of drug-likeness (QED) is 0.845. The first-order chi connectivity index (χ1) is 10.7. The molecule has 2 atom stereocenters. The molecular formula is C14H17ClF3N3O2. The van der Waals surface area contributed by atoms with Gasteiger partial charge in [0.25, 0.3) is 0 Å². The van der Waals surface area contributed by atoms with Crippen molar-refractivity contribution in [2.75, 3.05) is 20.1 Å². The molecule has 1 aromatic heterocycles. The van der Waals surface area contributed by atoms with E-state index in [0.717, 1.165) is 35.6 Å². The summed E-state index contributed by atoms with van der Waals surface area (Å²) in [6, 6.07) is 0.781. The Labute approximate surface area is 136 Å². The lowest BCUT2D eigenvalue weighted by Crippen LogP contribution is -2.46. The topological polar surface area (TPSA) is 56.7 Å². The minimum Gasteiger partial charge on any atom is -0.386 e. The van der Waals surface area contributed by atoms with Gasteiger partial charge in [-0.15, -0.1) is 0 Å². The van der Waals surface area contributed by atoms with Gasteiger partial charge in [-0.2, -0.15) is 13.2 Å². The minimum atomic E-state index is -4.56. The molecular weight excluding hydrogens is 335 g/mol. The highest BCUT2D eigenvalue weighted by Crippen LogP contribution is 2.29. The van der Waals surface area contributed by atoms with Crippen molar-refractivity contribution in [1.29, 1.82) is 0 Å². The molecule has 1 N–H and O–H groups in total. The molecule has 1 saturated heterocycles. The SMILES string of the molecule is CN(Cl)[C@@H](C(=O)N1CCCC1)[C@@H](O)c1ccc(C(F)(F)F)nc1. The largest absolute Gasteiger partial charge is 0.433 e. The molecule has 5 nitrogen and oxygen atoms in total. The molecule has 0 unspecified atom stereocenters. The molecule has 1 fully saturated rings. The second-order valence-electron chi connectivity index (χ2n) is 5.42. The van der Waals surface area contributed by atoms with E-state index in [1.165, 1.54) is 7.05 Å². The molecule has 9 heteroatoms. The Morgan fingerprint density at radius 3 is 2.43 bits per heavy atom. The van der Waals surface area contributed by atoms with Gasteiger partial charge >= 0.3 is 6.18 Å². The maximum atomic E-state index is 12.5. The molecule has 2 heterocycles. The molecule has 1 aromatic rings. The zero-order valence-electron chi connectivity index (χ0n) is 12.4. The predicted octanol–water partition coefficient (Wildman–Crippen LogP) is 2.21. The van der Waals surface area contributed by atoms with Gasteiger partial charge in [0.2, 0.25) is 5.91 Å². The van der Waals surface area contributed by atoms with E-state index >= 15 is 0 Å². The first kappa shape index (κ1) is 18.0. The fraction of sp³-hybridized carbons (Fsp3) is 0.571. The Kier molecular flexibility index (Phi) is 5.49. The Balaban J connectivity index is 2.20. The number of alkyl halides is 3. The van der Waals surface area contributed by atoms with Crippen LogP contribution in [-0.4, -0.2) is 51.5 Å². The number of aromatic nitrogens is 1. The van der Waals surface area contributed by atoms with Crippen molar-refractivity contribution in [2.45, 2.75) is 31.2 Å². The lowest BCUT2D eigenvalue weighted by Gasteiger charge is -2.30. The molecule has 0 saturated carbocycles. The van der Waals surface area contributed by atoms with E-state index in [4.69, 9.17) is 11.8 Å². The van der Waals surface area contributed by atoms with E-state index in [9.17, 15) is 23.1 Å². The number of carbonyl (C=O) groups is 1. The van der Waals surface area contributed by atoms with Crippen LogP contribution < -0.4 is 0 Å². The fourth-order valence-corrected chi connectivity index (χ4v) is 2.73. The third kappa shape index (κ3) is 4.13. The number of nitrogens with zero attached hydrogens (tertiary/aromatic N) is 3. The van der Waals surface area contributed by atoms with E-state index < -0.39 is 24.0 Å². The van der Waals surface area contributed by atoms with Gasteiger partial charge in [0, 0.05) is 31.9 Å². The molecule has 0 aromatic carbocycles. The zero-order valence-corrected chi connectivity index (χ0v) is 13.2. The summed E-state index contributed by atoms with van der Waals surface area (Å²) in [5.74, 6) is -0.354. The standard InChI is InChI=1S/C14H17ClF3N3O2/c1-20(15)11(13(23)21-6-2-3-7-21)12(22)9-4-5-10(19-8-9)14(16,17)18/h4-5,8,11-12,22H,2-3,6-7H2,1H3/t11-,12+/m1/s1. The summed E-state index contributed by atoms with van der Waals surface area (Å²) in [7, 11) is 1.42. The van der Waals surface area contributed by atoms with Gasteiger partial charge in [0.05, 0.1) is 0 Å². The van der Waals surface area contributed by atoms with Crippen LogP contribution in [0.4, 0.5) is 13.2 Å². The summed E-state index contributed by atoms with van der Waals surface area (Å²) in [5, 5.41) is 10.4. The predicted molar refractivity (Wildman–Crippen MR) is 77.4 cm³/mol. The summed E-state index contributed by atoms with van der Waals surface area (Å²) in [6.45, 7) is 1.16. The highest BCUT2D eigenvalue weighted by atomic mass is 35.5. The Morgan fingerprint density at radius 1 is 1.39 bits per heavy atom. The molecule has 0 aliphatic carbocycles. The minimum absolute atomic E-state index is 0.100. The first-order valence-corrected chi connectivity index (χ1v) is 7.44. The number of amides is 1. The number of halogens is 4. The average molecular weight is 352 g/mol. The number of likely N-dealkylation sites (N-methyl/N-ethyl adjacent to an activating group) is 1. The van der Waals surface area contributed by atoms with Crippen LogP contribution >= 0.6 is 11.8 Å².